The summed E-state index contributed by atoms with van der Waals surface area (Å²) in [7, 11) is 1.90. The quantitative estimate of drug-likeness (QED) is 0.874. The van der Waals surface area contributed by atoms with Gasteiger partial charge < -0.3 is 15.2 Å². The van der Waals surface area contributed by atoms with E-state index in [1.165, 1.54) is 4.88 Å². The zero-order chi connectivity index (χ0) is 17.1. The molecule has 0 bridgehead atoms. The Morgan fingerprint density at radius 3 is 2.83 bits per heavy atom. The molecule has 0 unspecified atom stereocenters. The van der Waals surface area contributed by atoms with Crippen molar-refractivity contribution in [3.8, 4) is 0 Å². The molecule has 2 aromatic heterocycles. The summed E-state index contributed by atoms with van der Waals surface area (Å²) in [4.78, 5) is 29.9. The fraction of sp³-hybridized carbons (Fsp3) is 0.471. The fourth-order valence-corrected chi connectivity index (χ4v) is 4.23. The van der Waals surface area contributed by atoms with Gasteiger partial charge in [0.05, 0.1) is 24.1 Å². The number of nitrogens with zero attached hydrogens (tertiary/aromatic N) is 2. The fourth-order valence-electron chi connectivity index (χ4n) is 2.92. The SMILES string of the molecule is CCC(=O)Nc1sc2c(c1C(=O)NCc1cncn1C)CCCC2. The van der Waals surface area contributed by atoms with Crippen molar-refractivity contribution in [2.45, 2.75) is 45.6 Å². The predicted octanol–water partition coefficient (Wildman–Crippen LogP) is 2.64. The van der Waals surface area contributed by atoms with E-state index in [1.807, 2.05) is 18.5 Å². The molecule has 0 saturated heterocycles. The van der Waals surface area contributed by atoms with Crippen LogP contribution in [0.1, 0.15) is 52.7 Å². The van der Waals surface area contributed by atoms with Crippen molar-refractivity contribution in [3.63, 3.8) is 0 Å². The van der Waals surface area contributed by atoms with Gasteiger partial charge >= 0.3 is 0 Å². The molecule has 2 amide bonds. The molecule has 0 radical (unpaired) electrons. The Bertz CT molecular complexity index is 763. The first kappa shape index (κ1) is 16.7. The summed E-state index contributed by atoms with van der Waals surface area (Å²) >= 11 is 1.55. The maximum atomic E-state index is 12.8. The standard InChI is InChI=1S/C17H22N4O2S/c1-3-14(22)20-17-15(12-6-4-5-7-13(12)24-17)16(23)19-9-11-8-18-10-21(11)2/h8,10H,3-7,9H2,1-2H3,(H,19,23)(H,20,22). The minimum absolute atomic E-state index is 0.0609. The Morgan fingerprint density at radius 2 is 2.12 bits per heavy atom. The third-order valence-corrected chi connectivity index (χ3v) is 5.53. The van der Waals surface area contributed by atoms with Crippen molar-refractivity contribution in [1.29, 1.82) is 0 Å². The van der Waals surface area contributed by atoms with Crippen LogP contribution in [0.25, 0.3) is 0 Å². The molecule has 2 heterocycles. The molecule has 0 aromatic carbocycles. The number of amides is 2. The van der Waals surface area contributed by atoms with Gasteiger partial charge in [0, 0.05) is 24.5 Å². The van der Waals surface area contributed by atoms with Gasteiger partial charge in [0.1, 0.15) is 5.00 Å². The first-order valence-electron chi connectivity index (χ1n) is 8.28. The first-order valence-corrected chi connectivity index (χ1v) is 9.09. The van der Waals surface area contributed by atoms with Crippen molar-refractivity contribution in [2.24, 2.45) is 7.05 Å². The van der Waals surface area contributed by atoms with E-state index in [2.05, 4.69) is 15.6 Å². The molecule has 0 atom stereocenters. The van der Waals surface area contributed by atoms with E-state index in [0.29, 0.717) is 23.5 Å². The van der Waals surface area contributed by atoms with Crippen molar-refractivity contribution < 1.29 is 9.59 Å². The molecule has 7 heteroatoms. The predicted molar refractivity (Wildman–Crippen MR) is 94.3 cm³/mol. The lowest BCUT2D eigenvalue weighted by Crippen LogP contribution is -2.26. The maximum Gasteiger partial charge on any atom is 0.254 e. The molecule has 3 rings (SSSR count). The minimum Gasteiger partial charge on any atom is -0.346 e. The Kier molecular flexibility index (Phi) is 4.99. The molecule has 1 aliphatic carbocycles. The minimum atomic E-state index is -0.123. The van der Waals surface area contributed by atoms with E-state index < -0.39 is 0 Å². The summed E-state index contributed by atoms with van der Waals surface area (Å²) in [6, 6.07) is 0. The second-order valence-electron chi connectivity index (χ2n) is 6.00. The molecule has 1 aliphatic rings. The number of carbonyl (C=O) groups is 2. The number of anilines is 1. The van der Waals surface area contributed by atoms with E-state index in [9.17, 15) is 9.59 Å². The normalized spacial score (nSPS) is 13.4. The topological polar surface area (TPSA) is 76.0 Å². The monoisotopic (exact) mass is 346 g/mol. The number of hydrogen-bond donors (Lipinski definition) is 2. The van der Waals surface area contributed by atoms with Gasteiger partial charge in [-0.25, -0.2) is 4.98 Å². The van der Waals surface area contributed by atoms with E-state index in [4.69, 9.17) is 0 Å². The number of hydrogen-bond acceptors (Lipinski definition) is 4. The largest absolute Gasteiger partial charge is 0.346 e. The highest BCUT2D eigenvalue weighted by molar-refractivity contribution is 7.17. The van der Waals surface area contributed by atoms with Gasteiger partial charge in [0.25, 0.3) is 5.91 Å². The summed E-state index contributed by atoms with van der Waals surface area (Å²) in [6.07, 6.45) is 7.98. The van der Waals surface area contributed by atoms with E-state index >= 15 is 0 Å². The van der Waals surface area contributed by atoms with Gasteiger partial charge in [0.15, 0.2) is 0 Å². The number of carbonyl (C=O) groups excluding carboxylic acids is 2. The van der Waals surface area contributed by atoms with Gasteiger partial charge in [-0.05, 0) is 31.2 Å². The van der Waals surface area contributed by atoms with Crippen LogP contribution in [-0.2, 0) is 31.2 Å². The smallest absolute Gasteiger partial charge is 0.254 e. The van der Waals surface area contributed by atoms with Crippen LogP contribution < -0.4 is 10.6 Å². The Balaban J connectivity index is 1.84. The number of rotatable bonds is 5. The average Bonchev–Trinajstić information content (AvgIpc) is 3.15. The van der Waals surface area contributed by atoms with E-state index in [-0.39, 0.29) is 11.8 Å². The summed E-state index contributed by atoms with van der Waals surface area (Å²) in [5, 5.41) is 6.56. The Labute approximate surface area is 145 Å². The van der Waals surface area contributed by atoms with Gasteiger partial charge in [-0.3, -0.25) is 9.59 Å². The van der Waals surface area contributed by atoms with E-state index in [0.717, 1.165) is 36.9 Å². The first-order chi connectivity index (χ1) is 11.6. The summed E-state index contributed by atoms with van der Waals surface area (Å²) in [6.45, 7) is 2.23. The molecule has 0 fully saturated rings. The third kappa shape index (κ3) is 3.36. The number of fused-ring (bicyclic) bond motifs is 1. The van der Waals surface area contributed by atoms with Crippen LogP contribution >= 0.6 is 11.3 Å². The van der Waals surface area contributed by atoms with Crippen LogP contribution in [-0.4, -0.2) is 21.4 Å². The third-order valence-electron chi connectivity index (χ3n) is 4.32. The summed E-state index contributed by atoms with van der Waals surface area (Å²) in [5.74, 6) is -0.184. The van der Waals surface area contributed by atoms with Crippen LogP contribution in [0, 0.1) is 0 Å². The van der Waals surface area contributed by atoms with Crippen LogP contribution in [0.5, 0.6) is 0 Å². The number of imidazole rings is 1. The molecule has 0 saturated carbocycles. The second-order valence-corrected chi connectivity index (χ2v) is 7.10. The van der Waals surface area contributed by atoms with E-state index in [1.54, 1.807) is 23.9 Å². The van der Waals surface area contributed by atoms with Crippen LogP contribution in [0.4, 0.5) is 5.00 Å². The highest BCUT2D eigenvalue weighted by atomic mass is 32.1. The van der Waals surface area contributed by atoms with Crippen molar-refractivity contribution in [3.05, 3.63) is 34.2 Å². The second kappa shape index (κ2) is 7.17. The van der Waals surface area contributed by atoms with Crippen molar-refractivity contribution in [2.75, 3.05) is 5.32 Å². The summed E-state index contributed by atoms with van der Waals surface area (Å²) in [5.41, 5.74) is 2.70. The zero-order valence-corrected chi connectivity index (χ0v) is 14.8. The van der Waals surface area contributed by atoms with Gasteiger partial charge in [-0.15, -0.1) is 11.3 Å². The lowest BCUT2D eigenvalue weighted by atomic mass is 9.95. The molecular formula is C17H22N4O2S. The zero-order valence-electron chi connectivity index (χ0n) is 14.0. The highest BCUT2D eigenvalue weighted by Crippen LogP contribution is 2.38. The van der Waals surface area contributed by atoms with Gasteiger partial charge in [-0.2, -0.15) is 0 Å². The molecule has 24 heavy (non-hydrogen) atoms. The Hall–Kier alpha value is -2.15. The molecule has 2 N–H and O–H groups in total. The van der Waals surface area contributed by atoms with Crippen LogP contribution in [0.15, 0.2) is 12.5 Å². The molecule has 6 nitrogen and oxygen atoms in total. The van der Waals surface area contributed by atoms with Gasteiger partial charge in [0.2, 0.25) is 5.91 Å². The molecule has 0 aliphatic heterocycles. The number of thiophene rings is 1. The summed E-state index contributed by atoms with van der Waals surface area (Å²) < 4.78 is 1.88. The molecular weight excluding hydrogens is 324 g/mol. The number of aromatic nitrogens is 2. The highest BCUT2D eigenvalue weighted by Gasteiger charge is 2.26. The molecule has 0 spiro atoms. The van der Waals surface area contributed by atoms with Crippen LogP contribution in [0.3, 0.4) is 0 Å². The number of nitrogens with one attached hydrogen (secondary N) is 2. The molecule has 2 aromatic rings. The average molecular weight is 346 g/mol. The van der Waals surface area contributed by atoms with Gasteiger partial charge in [-0.1, -0.05) is 6.92 Å². The number of aryl methyl sites for hydroxylation is 2. The maximum absolute atomic E-state index is 12.8. The lowest BCUT2D eigenvalue weighted by Gasteiger charge is -2.13. The van der Waals surface area contributed by atoms with Crippen molar-refractivity contribution in [1.82, 2.24) is 14.9 Å². The molecule has 128 valence electrons. The van der Waals surface area contributed by atoms with Crippen LogP contribution in [0.2, 0.25) is 0 Å². The Morgan fingerprint density at radius 1 is 1.33 bits per heavy atom. The van der Waals surface area contributed by atoms with Crippen molar-refractivity contribution >= 4 is 28.2 Å². The lowest BCUT2D eigenvalue weighted by molar-refractivity contribution is -0.115.